The number of esters is 2. The van der Waals surface area contributed by atoms with Crippen LogP contribution in [0.1, 0.15) is 17.5 Å². The average Bonchev–Trinajstić information content (AvgIpc) is 2.79. The fraction of sp³-hybridized carbons (Fsp3) is 0.185. The third-order valence-corrected chi connectivity index (χ3v) is 5.24. The van der Waals surface area contributed by atoms with Gasteiger partial charge in [-0.05, 0) is 32.7 Å². The summed E-state index contributed by atoms with van der Waals surface area (Å²) in [5, 5.41) is 4.32. The number of fused-ring (bicyclic) bond motifs is 2. The maximum absolute atomic E-state index is 12.2. The molecule has 4 rings (SSSR count). The van der Waals surface area contributed by atoms with Crippen molar-refractivity contribution in [1.82, 2.24) is 0 Å². The molecule has 0 atom stereocenters. The molecule has 0 amide bonds. The Morgan fingerprint density at radius 1 is 0.548 bits per heavy atom. The van der Waals surface area contributed by atoms with Gasteiger partial charge in [-0.15, -0.1) is 0 Å². The quantitative estimate of drug-likeness (QED) is 0.293. The van der Waals surface area contributed by atoms with Crippen LogP contribution in [-0.4, -0.2) is 25.2 Å². The van der Waals surface area contributed by atoms with E-state index < -0.39 is 0 Å². The minimum atomic E-state index is -0.279. The van der Waals surface area contributed by atoms with Gasteiger partial charge in [0.1, 0.15) is 0 Å². The van der Waals surface area contributed by atoms with E-state index >= 15 is 0 Å². The first-order valence-electron chi connectivity index (χ1n) is 10.5. The topological polar surface area (TPSA) is 52.6 Å². The largest absolute Gasteiger partial charge is 0.465 e. The van der Waals surface area contributed by atoms with Gasteiger partial charge in [-0.1, -0.05) is 84.9 Å². The zero-order chi connectivity index (χ0) is 21.5. The summed E-state index contributed by atoms with van der Waals surface area (Å²) in [6, 6.07) is 27.8. The minimum Gasteiger partial charge on any atom is -0.465 e. The molecule has 0 fully saturated rings. The summed E-state index contributed by atoms with van der Waals surface area (Å²) in [4.78, 5) is 24.4. The van der Waals surface area contributed by atoms with Crippen LogP contribution in [0, 0.1) is 0 Å². The molecular formula is C27H24O4. The van der Waals surface area contributed by atoms with E-state index in [0.717, 1.165) is 32.7 Å². The number of carbonyl (C=O) groups is 2. The SMILES string of the molecule is O=C(Cc1cccc2ccccc12)OCCCOC(=O)Cc1cccc2ccccc12. The van der Waals surface area contributed by atoms with Gasteiger partial charge >= 0.3 is 11.9 Å². The van der Waals surface area contributed by atoms with Crippen molar-refractivity contribution in [2.24, 2.45) is 0 Å². The molecule has 0 saturated carbocycles. The van der Waals surface area contributed by atoms with Crippen molar-refractivity contribution < 1.29 is 19.1 Å². The van der Waals surface area contributed by atoms with Crippen LogP contribution in [-0.2, 0) is 31.9 Å². The molecule has 0 aliphatic rings. The summed E-state index contributed by atoms with van der Waals surface area (Å²) in [6.45, 7) is 0.455. The molecule has 156 valence electrons. The zero-order valence-electron chi connectivity index (χ0n) is 17.3. The Labute approximate surface area is 181 Å². The Bertz CT molecular complexity index is 1110. The molecule has 0 N–H and O–H groups in total. The Hall–Kier alpha value is -3.66. The van der Waals surface area contributed by atoms with Gasteiger partial charge in [-0.2, -0.15) is 0 Å². The number of ether oxygens (including phenoxy) is 2. The van der Waals surface area contributed by atoms with Crippen molar-refractivity contribution in [1.29, 1.82) is 0 Å². The molecule has 0 aliphatic carbocycles. The van der Waals surface area contributed by atoms with Gasteiger partial charge in [0.2, 0.25) is 0 Å². The van der Waals surface area contributed by atoms with Gasteiger partial charge in [-0.25, -0.2) is 0 Å². The van der Waals surface area contributed by atoms with Crippen molar-refractivity contribution in [3.63, 3.8) is 0 Å². The van der Waals surface area contributed by atoms with Gasteiger partial charge in [0.05, 0.1) is 26.1 Å². The van der Waals surface area contributed by atoms with E-state index in [2.05, 4.69) is 0 Å². The maximum atomic E-state index is 12.2. The molecule has 0 aromatic heterocycles. The highest BCUT2D eigenvalue weighted by Crippen LogP contribution is 2.20. The molecule has 0 saturated heterocycles. The smallest absolute Gasteiger partial charge is 0.310 e. The van der Waals surface area contributed by atoms with E-state index in [4.69, 9.17) is 9.47 Å². The van der Waals surface area contributed by atoms with Crippen LogP contribution in [0.5, 0.6) is 0 Å². The summed E-state index contributed by atoms with van der Waals surface area (Å²) in [6.07, 6.45) is 0.924. The van der Waals surface area contributed by atoms with Crippen LogP contribution in [0.15, 0.2) is 84.9 Å². The van der Waals surface area contributed by atoms with Gasteiger partial charge < -0.3 is 9.47 Å². The molecule has 4 aromatic carbocycles. The highest BCUT2D eigenvalue weighted by Gasteiger charge is 2.10. The predicted molar refractivity (Wildman–Crippen MR) is 122 cm³/mol. The van der Waals surface area contributed by atoms with Gasteiger partial charge in [0.15, 0.2) is 0 Å². The van der Waals surface area contributed by atoms with Crippen LogP contribution in [0.25, 0.3) is 21.5 Å². The summed E-state index contributed by atoms with van der Waals surface area (Å²) in [7, 11) is 0. The van der Waals surface area contributed by atoms with E-state index in [1.807, 2.05) is 84.9 Å². The molecule has 0 unspecified atom stereocenters. The van der Waals surface area contributed by atoms with Crippen molar-refractivity contribution in [2.45, 2.75) is 19.3 Å². The lowest BCUT2D eigenvalue weighted by atomic mass is 10.0. The lowest BCUT2D eigenvalue weighted by Crippen LogP contribution is -2.13. The first-order valence-corrected chi connectivity index (χ1v) is 10.5. The number of hydrogen-bond acceptors (Lipinski definition) is 4. The summed E-state index contributed by atoms with van der Waals surface area (Å²) >= 11 is 0. The molecule has 4 nitrogen and oxygen atoms in total. The van der Waals surface area contributed by atoms with Crippen LogP contribution in [0.3, 0.4) is 0 Å². The number of hydrogen-bond donors (Lipinski definition) is 0. The van der Waals surface area contributed by atoms with Gasteiger partial charge in [0, 0.05) is 6.42 Å². The molecular weight excluding hydrogens is 388 g/mol. The van der Waals surface area contributed by atoms with E-state index in [-0.39, 0.29) is 38.0 Å². The summed E-state index contributed by atoms with van der Waals surface area (Å²) in [5.41, 5.74) is 1.90. The van der Waals surface area contributed by atoms with Crippen molar-refractivity contribution in [3.05, 3.63) is 96.1 Å². The van der Waals surface area contributed by atoms with E-state index in [9.17, 15) is 9.59 Å². The first-order chi connectivity index (χ1) is 15.2. The van der Waals surface area contributed by atoms with Crippen LogP contribution in [0.4, 0.5) is 0 Å². The Kier molecular flexibility index (Phi) is 6.58. The van der Waals surface area contributed by atoms with E-state index in [1.165, 1.54) is 0 Å². The minimum absolute atomic E-state index is 0.224. The summed E-state index contributed by atoms with van der Waals surface area (Å²) < 4.78 is 10.6. The Morgan fingerprint density at radius 2 is 0.968 bits per heavy atom. The van der Waals surface area contributed by atoms with Gasteiger partial charge in [-0.3, -0.25) is 9.59 Å². The number of benzene rings is 4. The van der Waals surface area contributed by atoms with Crippen LogP contribution >= 0.6 is 0 Å². The molecule has 0 radical (unpaired) electrons. The van der Waals surface area contributed by atoms with Crippen LogP contribution < -0.4 is 0 Å². The fourth-order valence-corrected chi connectivity index (χ4v) is 3.74. The van der Waals surface area contributed by atoms with Gasteiger partial charge in [0.25, 0.3) is 0 Å². The van der Waals surface area contributed by atoms with Crippen molar-refractivity contribution in [3.8, 4) is 0 Å². The predicted octanol–water partition coefficient (Wildman–Crippen LogP) is 5.25. The second-order valence-corrected chi connectivity index (χ2v) is 7.42. The maximum Gasteiger partial charge on any atom is 0.310 e. The normalized spacial score (nSPS) is 10.8. The monoisotopic (exact) mass is 412 g/mol. The molecule has 0 aliphatic heterocycles. The zero-order valence-corrected chi connectivity index (χ0v) is 17.3. The Morgan fingerprint density at radius 3 is 1.45 bits per heavy atom. The molecule has 4 heteroatoms. The van der Waals surface area contributed by atoms with E-state index in [1.54, 1.807) is 0 Å². The standard InChI is InChI=1S/C27H24O4/c28-26(18-22-12-5-10-20-8-1-3-14-24(20)22)30-16-7-17-31-27(29)19-23-13-6-11-21-9-2-4-15-25(21)23/h1-6,8-15H,7,16-19H2. The van der Waals surface area contributed by atoms with Crippen molar-refractivity contribution >= 4 is 33.5 Å². The first kappa shape index (κ1) is 20.6. The number of carbonyl (C=O) groups excluding carboxylic acids is 2. The molecule has 0 heterocycles. The molecule has 0 bridgehead atoms. The third-order valence-electron chi connectivity index (χ3n) is 5.24. The summed E-state index contributed by atoms with van der Waals surface area (Å²) in [5.74, 6) is -0.558. The molecule has 31 heavy (non-hydrogen) atoms. The Balaban J connectivity index is 1.20. The average molecular weight is 412 g/mol. The third kappa shape index (κ3) is 5.28. The second kappa shape index (κ2) is 9.90. The van der Waals surface area contributed by atoms with Crippen LogP contribution in [0.2, 0.25) is 0 Å². The number of rotatable bonds is 8. The highest BCUT2D eigenvalue weighted by molar-refractivity contribution is 5.89. The fourth-order valence-electron chi connectivity index (χ4n) is 3.74. The highest BCUT2D eigenvalue weighted by atomic mass is 16.5. The second-order valence-electron chi connectivity index (χ2n) is 7.42. The molecule has 4 aromatic rings. The lowest BCUT2D eigenvalue weighted by Gasteiger charge is -2.09. The van der Waals surface area contributed by atoms with E-state index in [0.29, 0.717) is 6.42 Å². The van der Waals surface area contributed by atoms with Crippen molar-refractivity contribution in [2.75, 3.05) is 13.2 Å². The molecule has 0 spiro atoms. The lowest BCUT2D eigenvalue weighted by molar-refractivity contribution is -0.145.